The summed E-state index contributed by atoms with van der Waals surface area (Å²) in [5.41, 5.74) is 2.07. The number of aromatic nitrogens is 3. The number of hydrogen-bond donors (Lipinski definition) is 1. The van der Waals surface area contributed by atoms with Crippen LogP contribution in [0.25, 0.3) is 11.0 Å². The molecule has 0 spiro atoms. The topological polar surface area (TPSA) is 57.4 Å². The molecule has 4 nitrogen and oxygen atoms in total. The second-order valence-corrected chi connectivity index (χ2v) is 5.23. The van der Waals surface area contributed by atoms with Crippen LogP contribution in [0.5, 0.6) is 0 Å². The maximum absolute atomic E-state index is 9.09. The number of nitrogens with one attached hydrogen (secondary N) is 1. The molecule has 1 atom stereocenters. The molecule has 1 aliphatic rings. The number of nitriles is 1. The first-order valence-corrected chi connectivity index (χ1v) is 6.64. The molecule has 2 aromatic rings. The highest BCUT2D eigenvalue weighted by Crippen LogP contribution is 2.31. The van der Waals surface area contributed by atoms with Crippen LogP contribution in [-0.2, 0) is 0 Å². The molecular weight excluding hydrogens is 243 g/mol. The lowest BCUT2D eigenvalue weighted by Crippen LogP contribution is -2.23. The molecule has 2 aromatic heterocycles. The lowest BCUT2D eigenvalue weighted by Gasteiger charge is -2.25. The van der Waals surface area contributed by atoms with Crippen LogP contribution in [0.1, 0.15) is 18.9 Å². The predicted molar refractivity (Wildman–Crippen MR) is 74.2 cm³/mol. The molecule has 3 rings (SSSR count). The van der Waals surface area contributed by atoms with Gasteiger partial charge in [0.15, 0.2) is 4.77 Å². The number of imidazole rings is 1. The minimum atomic E-state index is 0.164. The number of hydrogen-bond acceptors (Lipinski definition) is 3. The second-order valence-electron chi connectivity index (χ2n) is 4.84. The molecule has 0 bridgehead atoms. The molecule has 0 saturated carbocycles. The summed E-state index contributed by atoms with van der Waals surface area (Å²) in [7, 11) is 0. The summed E-state index contributed by atoms with van der Waals surface area (Å²) in [4.78, 5) is 7.29. The predicted octanol–water partition coefficient (Wildman–Crippen LogP) is 2.99. The molecule has 6 heteroatoms. The number of aromatic amines is 1. The summed E-state index contributed by atoms with van der Waals surface area (Å²) in [6, 6.07) is 2.32. The molecule has 3 heterocycles. The van der Waals surface area contributed by atoms with Crippen molar-refractivity contribution < 1.29 is 0 Å². The second kappa shape index (κ2) is 4.58. The summed E-state index contributed by atoms with van der Waals surface area (Å²) in [5, 5.41) is 9.09. The summed E-state index contributed by atoms with van der Waals surface area (Å²) < 4.78 is 2.90. The zero-order valence-corrected chi connectivity index (χ0v) is 10.8. The van der Waals surface area contributed by atoms with Gasteiger partial charge in [-0.15, -0.1) is 0 Å². The minimum Gasteiger partial charge on any atom is -0.329 e. The van der Waals surface area contributed by atoms with Gasteiger partial charge in [-0.1, -0.05) is 12.7 Å². The normalized spacial score (nSPS) is 19.9. The van der Waals surface area contributed by atoms with E-state index in [1.807, 2.05) is 6.07 Å². The maximum Gasteiger partial charge on any atom is 0.269 e. The van der Waals surface area contributed by atoms with E-state index in [-0.39, 0.29) is 6.71 Å². The standard InChI is InChI=1S/C12H13BN4S/c14-8-13-4-1-2-9(6-13)17-11-3-5-15-7-10(11)16-12(17)18/h3,5,7,9H,1-2,4,6H2,(H,16,18). The molecule has 0 amide bonds. The zero-order valence-electron chi connectivity index (χ0n) is 9.97. The molecule has 90 valence electrons. The van der Waals surface area contributed by atoms with Crippen molar-refractivity contribution in [2.45, 2.75) is 31.5 Å². The Labute approximate surface area is 111 Å². The van der Waals surface area contributed by atoms with Crippen LogP contribution >= 0.6 is 12.2 Å². The van der Waals surface area contributed by atoms with Crippen molar-refractivity contribution in [2.75, 3.05) is 0 Å². The van der Waals surface area contributed by atoms with Gasteiger partial charge in [-0.3, -0.25) is 4.98 Å². The van der Waals surface area contributed by atoms with E-state index in [0.29, 0.717) is 6.04 Å². The molecule has 1 fully saturated rings. The number of nitrogens with zero attached hydrogens (tertiary/aromatic N) is 3. The fourth-order valence-corrected chi connectivity index (χ4v) is 3.21. The van der Waals surface area contributed by atoms with E-state index in [2.05, 4.69) is 20.5 Å². The van der Waals surface area contributed by atoms with Gasteiger partial charge in [0.05, 0.1) is 17.2 Å². The van der Waals surface area contributed by atoms with Crippen molar-refractivity contribution >= 4 is 30.0 Å². The Balaban J connectivity index is 2.06. The van der Waals surface area contributed by atoms with Crippen LogP contribution in [0.15, 0.2) is 18.5 Å². The Morgan fingerprint density at radius 3 is 3.33 bits per heavy atom. The summed E-state index contributed by atoms with van der Waals surface area (Å²) in [6.07, 6.45) is 7.70. The molecule has 0 radical (unpaired) electrons. The third kappa shape index (κ3) is 1.85. The highest BCUT2D eigenvalue weighted by atomic mass is 32.1. The highest BCUT2D eigenvalue weighted by molar-refractivity contribution is 7.71. The van der Waals surface area contributed by atoms with E-state index in [0.717, 1.165) is 41.3 Å². The Bertz CT molecular complexity index is 669. The fourth-order valence-electron chi connectivity index (χ4n) is 2.86. The van der Waals surface area contributed by atoms with E-state index in [9.17, 15) is 0 Å². The molecule has 1 unspecified atom stereocenters. The summed E-state index contributed by atoms with van der Waals surface area (Å²) in [5.74, 6) is 2.39. The summed E-state index contributed by atoms with van der Waals surface area (Å²) in [6.45, 7) is 0.164. The fraction of sp³-hybridized carbons (Fsp3) is 0.417. The Morgan fingerprint density at radius 1 is 1.61 bits per heavy atom. The van der Waals surface area contributed by atoms with Gasteiger partial charge in [-0.25, -0.2) is 5.26 Å². The van der Waals surface area contributed by atoms with Gasteiger partial charge in [0.1, 0.15) is 0 Å². The van der Waals surface area contributed by atoms with Crippen molar-refractivity contribution in [1.82, 2.24) is 14.5 Å². The van der Waals surface area contributed by atoms with Crippen molar-refractivity contribution in [3.63, 3.8) is 0 Å². The smallest absolute Gasteiger partial charge is 0.269 e. The summed E-state index contributed by atoms with van der Waals surface area (Å²) >= 11 is 5.41. The monoisotopic (exact) mass is 256 g/mol. The molecular formula is C12H13BN4S. The van der Waals surface area contributed by atoms with Gasteiger partial charge in [0.25, 0.3) is 6.71 Å². The third-order valence-corrected chi connectivity index (χ3v) is 4.01. The maximum atomic E-state index is 9.09. The highest BCUT2D eigenvalue weighted by Gasteiger charge is 2.27. The first-order valence-electron chi connectivity index (χ1n) is 6.23. The Hall–Kier alpha value is -1.61. The molecule has 1 N–H and O–H groups in total. The number of pyridine rings is 1. The van der Waals surface area contributed by atoms with E-state index in [4.69, 9.17) is 17.5 Å². The number of fused-ring (bicyclic) bond motifs is 1. The molecule has 1 aliphatic heterocycles. The van der Waals surface area contributed by atoms with E-state index in [1.54, 1.807) is 12.4 Å². The third-order valence-electron chi connectivity index (χ3n) is 3.71. The van der Waals surface area contributed by atoms with Crippen molar-refractivity contribution in [2.24, 2.45) is 0 Å². The quantitative estimate of drug-likeness (QED) is 0.630. The van der Waals surface area contributed by atoms with Gasteiger partial charge in [0.2, 0.25) is 0 Å². The largest absolute Gasteiger partial charge is 0.329 e. The molecule has 1 saturated heterocycles. The van der Waals surface area contributed by atoms with Crippen LogP contribution in [0.3, 0.4) is 0 Å². The van der Waals surface area contributed by atoms with Gasteiger partial charge >= 0.3 is 0 Å². The average Bonchev–Trinajstić information content (AvgIpc) is 2.74. The van der Waals surface area contributed by atoms with Crippen LogP contribution < -0.4 is 0 Å². The molecule has 18 heavy (non-hydrogen) atoms. The zero-order chi connectivity index (χ0) is 12.5. The van der Waals surface area contributed by atoms with Crippen LogP contribution in [0.4, 0.5) is 0 Å². The van der Waals surface area contributed by atoms with E-state index in [1.165, 1.54) is 0 Å². The number of H-pyrrole nitrogens is 1. The lowest BCUT2D eigenvalue weighted by molar-refractivity contribution is 0.486. The van der Waals surface area contributed by atoms with Crippen molar-refractivity contribution in [1.29, 1.82) is 5.26 Å². The van der Waals surface area contributed by atoms with E-state index < -0.39 is 0 Å². The van der Waals surface area contributed by atoms with Crippen molar-refractivity contribution in [3.05, 3.63) is 23.2 Å². The average molecular weight is 256 g/mol. The van der Waals surface area contributed by atoms with Crippen LogP contribution in [0, 0.1) is 16.0 Å². The minimum absolute atomic E-state index is 0.164. The van der Waals surface area contributed by atoms with Crippen LogP contribution in [0.2, 0.25) is 12.6 Å². The van der Waals surface area contributed by atoms with E-state index >= 15 is 0 Å². The van der Waals surface area contributed by atoms with Gasteiger partial charge in [-0.05, 0) is 31.0 Å². The SMILES string of the molecule is N#CB1CCCC(n2c(=S)[nH]c3cnccc32)C1. The lowest BCUT2D eigenvalue weighted by atomic mass is 9.42. The van der Waals surface area contributed by atoms with Gasteiger partial charge in [-0.2, -0.15) is 0 Å². The molecule has 0 aliphatic carbocycles. The first-order chi connectivity index (χ1) is 8.79. The van der Waals surface area contributed by atoms with Crippen molar-refractivity contribution in [3.8, 4) is 5.97 Å². The number of rotatable bonds is 1. The van der Waals surface area contributed by atoms with Gasteiger partial charge in [0, 0.05) is 18.2 Å². The first kappa shape index (κ1) is 11.5. The Morgan fingerprint density at radius 2 is 2.50 bits per heavy atom. The van der Waals surface area contributed by atoms with Crippen LogP contribution in [-0.4, -0.2) is 21.2 Å². The molecule has 0 aromatic carbocycles. The van der Waals surface area contributed by atoms with Gasteiger partial charge < -0.3 is 9.55 Å². The Kier molecular flexibility index (Phi) is 2.92.